The Labute approximate surface area is 216 Å². The summed E-state index contributed by atoms with van der Waals surface area (Å²) in [5.41, 5.74) is 4.54. The predicted octanol–water partition coefficient (Wildman–Crippen LogP) is 3.93. The first-order valence-corrected chi connectivity index (χ1v) is 14.3. The number of aryl methyl sites for hydroxylation is 2. The molecule has 9 nitrogen and oxygen atoms in total. The van der Waals surface area contributed by atoms with Gasteiger partial charge in [0, 0.05) is 17.2 Å². The van der Waals surface area contributed by atoms with E-state index in [2.05, 4.69) is 10.2 Å². The summed E-state index contributed by atoms with van der Waals surface area (Å²) in [4.78, 5) is 15.4. The number of sulfone groups is 1. The van der Waals surface area contributed by atoms with Crippen LogP contribution in [0.4, 0.5) is 0 Å². The van der Waals surface area contributed by atoms with Gasteiger partial charge >= 0.3 is 0 Å². The molecule has 0 bridgehead atoms. The Hall–Kier alpha value is -3.53. The smallest absolute Gasteiger partial charge is 0.273 e. The molecule has 2 aromatic carbocycles. The van der Waals surface area contributed by atoms with Crippen molar-refractivity contribution in [2.24, 2.45) is 0 Å². The molecule has 2 atom stereocenters. The molecule has 3 aromatic rings. The molecule has 2 aliphatic rings. The summed E-state index contributed by atoms with van der Waals surface area (Å²) in [7, 11) is -3.25. The molecule has 10 heteroatoms. The molecule has 5 rings (SSSR count). The van der Waals surface area contributed by atoms with E-state index in [9.17, 15) is 18.3 Å². The third kappa shape index (κ3) is 4.33. The van der Waals surface area contributed by atoms with Crippen LogP contribution in [0.5, 0.6) is 17.2 Å². The highest BCUT2D eigenvalue weighted by atomic mass is 32.2. The topological polar surface area (TPSA) is 122 Å². The number of phenolic OH excluding ortho intramolecular Hbond substituents is 1. The van der Waals surface area contributed by atoms with Crippen LogP contribution in [0.1, 0.15) is 59.1 Å². The summed E-state index contributed by atoms with van der Waals surface area (Å²) in [5.74, 6) is 0.835. The van der Waals surface area contributed by atoms with E-state index in [1.807, 2.05) is 52.0 Å². The van der Waals surface area contributed by atoms with Gasteiger partial charge in [0.1, 0.15) is 17.1 Å². The van der Waals surface area contributed by atoms with Gasteiger partial charge in [-0.3, -0.25) is 9.89 Å². The lowest BCUT2D eigenvalue weighted by Gasteiger charge is -2.31. The molecular formula is C27H31N3O6S. The Kier molecular flexibility index (Phi) is 6.39. The van der Waals surface area contributed by atoms with E-state index in [0.29, 0.717) is 53.6 Å². The molecule has 1 saturated heterocycles. The van der Waals surface area contributed by atoms with Crippen molar-refractivity contribution in [3.63, 3.8) is 0 Å². The van der Waals surface area contributed by atoms with Crippen molar-refractivity contribution in [1.82, 2.24) is 15.1 Å². The van der Waals surface area contributed by atoms with Crippen molar-refractivity contribution in [1.29, 1.82) is 0 Å². The summed E-state index contributed by atoms with van der Waals surface area (Å²) >= 11 is 0. The van der Waals surface area contributed by atoms with Crippen LogP contribution >= 0.6 is 0 Å². The number of carbonyl (C=O) groups excluding carboxylic acids is 1. The quantitative estimate of drug-likeness (QED) is 0.479. The number of fused-ring (bicyclic) bond motifs is 1. The second-order valence-electron chi connectivity index (χ2n) is 9.56. The zero-order valence-electron chi connectivity index (χ0n) is 21.4. The third-order valence-electron chi connectivity index (χ3n) is 7.16. The molecule has 2 N–H and O–H groups in total. The van der Waals surface area contributed by atoms with Gasteiger partial charge in [-0.2, -0.15) is 5.10 Å². The van der Waals surface area contributed by atoms with Crippen LogP contribution in [0.2, 0.25) is 0 Å². The maximum atomic E-state index is 13.8. The minimum atomic E-state index is -3.25. The van der Waals surface area contributed by atoms with Gasteiger partial charge in [-0.1, -0.05) is 6.07 Å². The van der Waals surface area contributed by atoms with Crippen LogP contribution in [0.3, 0.4) is 0 Å². The first-order valence-electron chi connectivity index (χ1n) is 12.5. The summed E-state index contributed by atoms with van der Waals surface area (Å²) in [6.07, 6.45) is 0.363. The zero-order chi connectivity index (χ0) is 26.5. The standard InChI is InChI=1S/C27H31N3O6S/c1-5-35-21-8-7-17(13-22(21)36-6-2)26-23-24(19-11-15(3)16(4)12-20(19)31)28-29-25(23)27(32)30(26)18-9-10-37(33,34)14-18/h7-8,11-13,18,26,31H,5-6,9-10,14H2,1-4H3,(H,28,29). The van der Waals surface area contributed by atoms with Crippen molar-refractivity contribution in [3.8, 4) is 28.5 Å². The molecule has 2 aliphatic heterocycles. The molecule has 0 saturated carbocycles. The average Bonchev–Trinajstić information content (AvgIpc) is 3.51. The Balaban J connectivity index is 1.70. The molecule has 0 radical (unpaired) electrons. The Morgan fingerprint density at radius 3 is 2.46 bits per heavy atom. The number of ether oxygens (including phenoxy) is 2. The van der Waals surface area contributed by atoms with Gasteiger partial charge in [0.25, 0.3) is 5.91 Å². The number of rotatable bonds is 7. The number of H-pyrrole nitrogens is 1. The highest BCUT2D eigenvalue weighted by Gasteiger charge is 2.48. The van der Waals surface area contributed by atoms with Gasteiger partial charge < -0.3 is 19.5 Å². The number of aromatic nitrogens is 2. The number of carbonyl (C=O) groups is 1. The van der Waals surface area contributed by atoms with E-state index in [1.54, 1.807) is 11.0 Å². The number of hydrogen-bond acceptors (Lipinski definition) is 7. The van der Waals surface area contributed by atoms with Crippen molar-refractivity contribution >= 4 is 15.7 Å². The van der Waals surface area contributed by atoms with E-state index in [4.69, 9.17) is 9.47 Å². The summed E-state index contributed by atoms with van der Waals surface area (Å²) in [5, 5.41) is 18.2. The van der Waals surface area contributed by atoms with Gasteiger partial charge in [0.05, 0.1) is 30.8 Å². The van der Waals surface area contributed by atoms with Gasteiger partial charge in [0.2, 0.25) is 0 Å². The molecule has 1 amide bonds. The number of nitrogens with zero attached hydrogens (tertiary/aromatic N) is 2. The zero-order valence-corrected chi connectivity index (χ0v) is 22.2. The van der Waals surface area contributed by atoms with Crippen LogP contribution in [0.25, 0.3) is 11.3 Å². The fourth-order valence-corrected chi connectivity index (χ4v) is 7.01. The highest BCUT2D eigenvalue weighted by molar-refractivity contribution is 7.91. The predicted molar refractivity (Wildman–Crippen MR) is 139 cm³/mol. The van der Waals surface area contributed by atoms with Crippen molar-refractivity contribution in [2.45, 2.75) is 46.2 Å². The number of hydrogen-bond donors (Lipinski definition) is 2. The largest absolute Gasteiger partial charge is 0.507 e. The highest BCUT2D eigenvalue weighted by Crippen LogP contribution is 2.48. The minimum absolute atomic E-state index is 0.0403. The lowest BCUT2D eigenvalue weighted by Crippen LogP contribution is -2.40. The average molecular weight is 526 g/mol. The van der Waals surface area contributed by atoms with Gasteiger partial charge in [-0.15, -0.1) is 0 Å². The van der Waals surface area contributed by atoms with E-state index >= 15 is 0 Å². The molecule has 0 aliphatic carbocycles. The number of phenols is 1. The summed E-state index contributed by atoms with van der Waals surface area (Å²) in [6.45, 7) is 8.53. The van der Waals surface area contributed by atoms with E-state index in [0.717, 1.165) is 16.7 Å². The van der Waals surface area contributed by atoms with Crippen LogP contribution in [0.15, 0.2) is 30.3 Å². The maximum absolute atomic E-state index is 13.8. The fourth-order valence-electron chi connectivity index (χ4n) is 5.30. The number of amides is 1. The second-order valence-corrected chi connectivity index (χ2v) is 11.8. The molecule has 196 valence electrons. The van der Waals surface area contributed by atoms with Crippen molar-refractivity contribution < 1.29 is 27.8 Å². The fraction of sp³-hybridized carbons (Fsp3) is 0.407. The molecule has 1 aromatic heterocycles. The van der Waals surface area contributed by atoms with E-state index < -0.39 is 21.9 Å². The van der Waals surface area contributed by atoms with Crippen molar-refractivity contribution in [2.75, 3.05) is 24.7 Å². The molecule has 1 fully saturated rings. The van der Waals surface area contributed by atoms with Gasteiger partial charge in [0.15, 0.2) is 21.3 Å². The third-order valence-corrected chi connectivity index (χ3v) is 8.91. The van der Waals surface area contributed by atoms with Crippen LogP contribution in [-0.2, 0) is 9.84 Å². The number of aromatic amines is 1. The SMILES string of the molecule is CCOc1ccc(C2c3c(-c4cc(C)c(C)cc4O)n[nH]c3C(=O)N2C2CCS(=O)(=O)C2)cc1OCC. The van der Waals surface area contributed by atoms with Gasteiger partial charge in [-0.25, -0.2) is 8.42 Å². The monoisotopic (exact) mass is 525 g/mol. The van der Waals surface area contributed by atoms with Crippen LogP contribution in [0, 0.1) is 13.8 Å². The normalized spacial score (nSPS) is 20.3. The molecule has 2 unspecified atom stereocenters. The van der Waals surface area contributed by atoms with E-state index in [1.165, 1.54) is 0 Å². The molecule has 0 spiro atoms. The number of benzene rings is 2. The molecule has 37 heavy (non-hydrogen) atoms. The van der Waals surface area contributed by atoms with Gasteiger partial charge in [-0.05, 0) is 75.1 Å². The summed E-state index contributed by atoms with van der Waals surface area (Å²) in [6, 6.07) is 7.96. The Morgan fingerprint density at radius 2 is 1.78 bits per heavy atom. The van der Waals surface area contributed by atoms with Crippen LogP contribution in [-0.4, -0.2) is 65.3 Å². The number of nitrogens with one attached hydrogen (secondary N) is 1. The second kappa shape index (κ2) is 9.41. The molecule has 3 heterocycles. The first kappa shape index (κ1) is 25.1. The Bertz CT molecular complexity index is 1480. The van der Waals surface area contributed by atoms with Crippen molar-refractivity contribution in [3.05, 3.63) is 58.3 Å². The minimum Gasteiger partial charge on any atom is -0.507 e. The Morgan fingerprint density at radius 1 is 1.08 bits per heavy atom. The summed E-state index contributed by atoms with van der Waals surface area (Å²) < 4.78 is 36.4. The van der Waals surface area contributed by atoms with E-state index in [-0.39, 0.29) is 23.2 Å². The molecular weight excluding hydrogens is 494 g/mol. The lowest BCUT2D eigenvalue weighted by atomic mass is 9.93. The number of aromatic hydroxyl groups is 1. The van der Waals surface area contributed by atoms with Crippen LogP contribution < -0.4 is 9.47 Å². The maximum Gasteiger partial charge on any atom is 0.273 e. The lowest BCUT2D eigenvalue weighted by molar-refractivity contribution is 0.0677. The first-order chi connectivity index (χ1) is 17.6.